The third-order valence-corrected chi connectivity index (χ3v) is 5.26. The molecular formula is C11H10N2O2S2. The molecular weight excluding hydrogens is 256 g/mol. The predicted octanol–water partition coefficient (Wildman–Crippen LogP) is 2.08. The van der Waals surface area contributed by atoms with Gasteiger partial charge in [0.25, 0.3) is 0 Å². The van der Waals surface area contributed by atoms with Gasteiger partial charge in [-0.1, -0.05) is 18.2 Å². The molecule has 1 atom stereocenters. The fourth-order valence-corrected chi connectivity index (χ4v) is 4.33. The zero-order valence-electron chi connectivity index (χ0n) is 8.83. The Hall–Kier alpha value is -1.40. The highest BCUT2D eigenvalue weighted by atomic mass is 32.2. The molecule has 1 aliphatic rings. The van der Waals surface area contributed by atoms with Crippen molar-refractivity contribution in [3.8, 4) is 0 Å². The molecule has 0 bridgehead atoms. The van der Waals surface area contributed by atoms with E-state index in [1.165, 1.54) is 11.3 Å². The van der Waals surface area contributed by atoms with E-state index in [1.54, 1.807) is 18.3 Å². The Morgan fingerprint density at radius 1 is 1.35 bits per heavy atom. The zero-order valence-corrected chi connectivity index (χ0v) is 10.5. The molecule has 1 aliphatic heterocycles. The summed E-state index contributed by atoms with van der Waals surface area (Å²) in [6.07, 6.45) is 1.70. The van der Waals surface area contributed by atoms with E-state index in [0.29, 0.717) is 4.90 Å². The number of thiazole rings is 1. The van der Waals surface area contributed by atoms with Crippen molar-refractivity contribution in [3.05, 3.63) is 41.4 Å². The molecule has 0 saturated carbocycles. The molecule has 3 rings (SSSR count). The number of rotatable bonds is 2. The summed E-state index contributed by atoms with van der Waals surface area (Å²) in [5.41, 5.74) is 0.836. The second-order valence-corrected chi connectivity index (χ2v) is 6.75. The normalized spacial score (nSPS) is 21.1. The summed E-state index contributed by atoms with van der Waals surface area (Å²) >= 11 is 1.47. The molecule has 88 valence electrons. The first-order chi connectivity index (χ1) is 8.17. The number of benzene rings is 1. The van der Waals surface area contributed by atoms with E-state index >= 15 is 0 Å². The maximum Gasteiger partial charge on any atom is 0.183 e. The summed E-state index contributed by atoms with van der Waals surface area (Å²) in [6.45, 7) is 0. The summed E-state index contributed by atoms with van der Waals surface area (Å²) in [4.78, 5) is 4.55. The first kappa shape index (κ1) is 10.7. The van der Waals surface area contributed by atoms with E-state index in [2.05, 4.69) is 10.3 Å². The predicted molar refractivity (Wildman–Crippen MR) is 67.0 cm³/mol. The molecule has 1 unspecified atom stereocenters. The Bertz CT molecular complexity index is 635. The summed E-state index contributed by atoms with van der Waals surface area (Å²) in [5, 5.41) is 5.77. The average molecular weight is 266 g/mol. The van der Waals surface area contributed by atoms with Crippen molar-refractivity contribution in [1.29, 1.82) is 0 Å². The molecule has 6 heteroatoms. The van der Waals surface area contributed by atoms with Gasteiger partial charge in [-0.15, -0.1) is 11.3 Å². The Labute approximate surface area is 103 Å². The van der Waals surface area contributed by atoms with Gasteiger partial charge in [0.15, 0.2) is 15.0 Å². The van der Waals surface area contributed by atoms with Gasteiger partial charge in [0, 0.05) is 11.6 Å². The molecule has 0 radical (unpaired) electrons. The number of nitrogens with zero attached hydrogens (tertiary/aromatic N) is 1. The quantitative estimate of drug-likeness (QED) is 0.904. The molecule has 2 heterocycles. The van der Waals surface area contributed by atoms with Crippen LogP contribution in [0.2, 0.25) is 0 Å². The topological polar surface area (TPSA) is 59.1 Å². The molecule has 0 spiro atoms. The van der Waals surface area contributed by atoms with Gasteiger partial charge in [0.1, 0.15) is 0 Å². The van der Waals surface area contributed by atoms with E-state index in [-0.39, 0.29) is 11.8 Å². The lowest BCUT2D eigenvalue weighted by Gasteiger charge is -2.10. The summed E-state index contributed by atoms with van der Waals surface area (Å²) in [5.74, 6) is 0.103. The fourth-order valence-electron chi connectivity index (χ4n) is 2.01. The van der Waals surface area contributed by atoms with Crippen molar-refractivity contribution in [3.63, 3.8) is 0 Å². The molecule has 1 aromatic carbocycles. The second kappa shape index (κ2) is 3.82. The number of hydrogen-bond acceptors (Lipinski definition) is 5. The van der Waals surface area contributed by atoms with Crippen LogP contribution in [0.3, 0.4) is 0 Å². The van der Waals surface area contributed by atoms with E-state index in [4.69, 9.17) is 0 Å². The van der Waals surface area contributed by atoms with Crippen LogP contribution in [0.5, 0.6) is 0 Å². The van der Waals surface area contributed by atoms with Gasteiger partial charge >= 0.3 is 0 Å². The molecule has 0 fully saturated rings. The van der Waals surface area contributed by atoms with Crippen molar-refractivity contribution in [2.24, 2.45) is 0 Å². The van der Waals surface area contributed by atoms with Crippen LogP contribution < -0.4 is 5.32 Å². The van der Waals surface area contributed by atoms with E-state index in [9.17, 15) is 8.42 Å². The van der Waals surface area contributed by atoms with Crippen molar-refractivity contribution >= 4 is 26.3 Å². The number of aromatic nitrogens is 1. The van der Waals surface area contributed by atoms with Crippen molar-refractivity contribution in [1.82, 2.24) is 4.98 Å². The first-order valence-electron chi connectivity index (χ1n) is 5.14. The monoisotopic (exact) mass is 266 g/mol. The fraction of sp³-hybridized carbons (Fsp3) is 0.182. The van der Waals surface area contributed by atoms with Gasteiger partial charge in [-0.3, -0.25) is 0 Å². The number of fused-ring (bicyclic) bond motifs is 1. The van der Waals surface area contributed by atoms with Gasteiger partial charge in [-0.25, -0.2) is 13.4 Å². The Balaban J connectivity index is 2.00. The third-order valence-electron chi connectivity index (χ3n) is 2.75. The molecule has 4 nitrogen and oxygen atoms in total. The molecule has 1 N–H and O–H groups in total. The van der Waals surface area contributed by atoms with E-state index < -0.39 is 9.84 Å². The molecule has 0 amide bonds. The van der Waals surface area contributed by atoms with Crippen molar-refractivity contribution in [2.75, 3.05) is 11.1 Å². The van der Waals surface area contributed by atoms with Crippen LogP contribution in [0.4, 0.5) is 5.13 Å². The largest absolute Gasteiger partial charge is 0.354 e. The summed E-state index contributed by atoms with van der Waals surface area (Å²) in [6, 6.07) is 6.93. The lowest BCUT2D eigenvalue weighted by Crippen LogP contribution is -2.12. The van der Waals surface area contributed by atoms with Crippen LogP contribution in [-0.4, -0.2) is 19.2 Å². The minimum absolute atomic E-state index is 0.103. The highest BCUT2D eigenvalue weighted by Crippen LogP contribution is 2.35. The lowest BCUT2D eigenvalue weighted by atomic mass is 10.1. The van der Waals surface area contributed by atoms with E-state index in [0.717, 1.165) is 10.7 Å². The first-order valence-corrected chi connectivity index (χ1v) is 7.68. The SMILES string of the molecule is O=S1(=O)CC(Nc2nccs2)c2ccccc21. The van der Waals surface area contributed by atoms with Gasteiger partial charge in [0.05, 0.1) is 16.7 Å². The zero-order chi connectivity index (χ0) is 11.9. The number of anilines is 1. The second-order valence-electron chi connectivity index (χ2n) is 3.85. The van der Waals surface area contributed by atoms with Crippen molar-refractivity contribution in [2.45, 2.75) is 10.9 Å². The molecule has 1 aromatic heterocycles. The minimum Gasteiger partial charge on any atom is -0.354 e. The molecule has 17 heavy (non-hydrogen) atoms. The van der Waals surface area contributed by atoms with Crippen LogP contribution in [-0.2, 0) is 9.84 Å². The van der Waals surface area contributed by atoms with Crippen LogP contribution >= 0.6 is 11.3 Å². The molecule has 0 aliphatic carbocycles. The summed E-state index contributed by atoms with van der Waals surface area (Å²) < 4.78 is 23.9. The number of nitrogens with one attached hydrogen (secondary N) is 1. The average Bonchev–Trinajstić information content (AvgIpc) is 2.88. The van der Waals surface area contributed by atoms with Gasteiger partial charge in [-0.2, -0.15) is 0 Å². The smallest absolute Gasteiger partial charge is 0.183 e. The van der Waals surface area contributed by atoms with Gasteiger partial charge < -0.3 is 5.32 Å². The van der Waals surface area contributed by atoms with Crippen LogP contribution in [0.25, 0.3) is 0 Å². The minimum atomic E-state index is -3.14. The van der Waals surface area contributed by atoms with E-state index in [1.807, 2.05) is 17.5 Å². The van der Waals surface area contributed by atoms with Crippen LogP contribution in [0.15, 0.2) is 40.7 Å². The standard InChI is InChI=1S/C11H10N2O2S2/c14-17(15)7-9(13-11-12-5-6-16-11)8-3-1-2-4-10(8)17/h1-6,9H,7H2,(H,12,13). The van der Waals surface area contributed by atoms with Crippen LogP contribution in [0, 0.1) is 0 Å². The third kappa shape index (κ3) is 1.83. The summed E-state index contributed by atoms with van der Waals surface area (Å²) in [7, 11) is -3.14. The highest BCUT2D eigenvalue weighted by Gasteiger charge is 2.34. The molecule has 0 saturated heterocycles. The maximum atomic E-state index is 11.9. The highest BCUT2D eigenvalue weighted by molar-refractivity contribution is 7.91. The van der Waals surface area contributed by atoms with Crippen molar-refractivity contribution < 1.29 is 8.42 Å². The van der Waals surface area contributed by atoms with Crippen LogP contribution in [0.1, 0.15) is 11.6 Å². The molecule has 2 aromatic rings. The number of sulfone groups is 1. The van der Waals surface area contributed by atoms with Gasteiger partial charge in [0.2, 0.25) is 0 Å². The number of hydrogen-bond donors (Lipinski definition) is 1. The van der Waals surface area contributed by atoms with Gasteiger partial charge in [-0.05, 0) is 11.6 Å². The Morgan fingerprint density at radius 3 is 2.94 bits per heavy atom. The Kier molecular flexibility index (Phi) is 2.41. The lowest BCUT2D eigenvalue weighted by molar-refractivity contribution is 0.598. The Morgan fingerprint density at radius 2 is 2.18 bits per heavy atom. The maximum absolute atomic E-state index is 11.9.